The highest BCUT2D eigenvalue weighted by atomic mass is 16.1. The zero-order valence-corrected chi connectivity index (χ0v) is 28.7. The van der Waals surface area contributed by atoms with Crippen LogP contribution in [-0.2, 0) is 6.54 Å². The van der Waals surface area contributed by atoms with E-state index in [1.807, 2.05) is 112 Å². The Morgan fingerprint density at radius 2 is 1.20 bits per heavy atom. The van der Waals surface area contributed by atoms with E-state index < -0.39 is 0 Å². The van der Waals surface area contributed by atoms with E-state index in [9.17, 15) is 19.2 Å². The number of nitrogens with one attached hydrogen (secondary N) is 1. The van der Waals surface area contributed by atoms with Crippen LogP contribution in [0.5, 0.6) is 0 Å². The van der Waals surface area contributed by atoms with Crippen LogP contribution in [0.4, 0.5) is 0 Å². The van der Waals surface area contributed by atoms with Gasteiger partial charge in [-0.05, 0) is 105 Å². The van der Waals surface area contributed by atoms with Gasteiger partial charge in [-0.25, -0.2) is 0 Å². The molecule has 0 bridgehead atoms. The Morgan fingerprint density at radius 1 is 0.620 bits per heavy atom. The molecule has 0 fully saturated rings. The summed E-state index contributed by atoms with van der Waals surface area (Å²) in [6.07, 6.45) is 3.17. The molecule has 0 aliphatic rings. The number of aromatic nitrogens is 3. The molecule has 50 heavy (non-hydrogen) atoms. The average molecular weight is 660 g/mol. The fourth-order valence-electron chi connectivity index (χ4n) is 5.91. The van der Waals surface area contributed by atoms with E-state index in [1.54, 1.807) is 36.5 Å². The number of H-pyrrole nitrogens is 1. The Kier molecular flexibility index (Phi) is 9.50. The van der Waals surface area contributed by atoms with Crippen LogP contribution in [0.3, 0.4) is 0 Å². The topological polar surface area (TPSA) is 102 Å². The number of benzene rings is 4. The third kappa shape index (κ3) is 6.84. The first-order valence-corrected chi connectivity index (χ1v) is 16.4. The highest BCUT2D eigenvalue weighted by molar-refractivity contribution is 6.11. The van der Waals surface area contributed by atoms with Crippen LogP contribution in [0, 0.1) is 34.6 Å². The number of hydrogen-bond donors (Lipinski definition) is 1. The van der Waals surface area contributed by atoms with Crippen LogP contribution in [0.15, 0.2) is 125 Å². The summed E-state index contributed by atoms with van der Waals surface area (Å²) >= 11 is 0. The lowest BCUT2D eigenvalue weighted by molar-refractivity contribution is 0.102. The summed E-state index contributed by atoms with van der Waals surface area (Å²) in [5.41, 5.74) is 8.60. The molecule has 7 aromatic rings. The summed E-state index contributed by atoms with van der Waals surface area (Å²) in [6.45, 7) is 10.3. The Morgan fingerprint density at radius 3 is 1.84 bits per heavy atom. The first kappa shape index (κ1) is 33.7. The van der Waals surface area contributed by atoms with Crippen LogP contribution in [0.25, 0.3) is 21.8 Å². The zero-order chi connectivity index (χ0) is 35.5. The maximum absolute atomic E-state index is 13.2. The number of nitrogens with zero attached hydrogens (tertiary/aromatic N) is 2. The SMILES string of the molecule is Cc1ccc(C(=O)c2c[nH]c3ccccc3c2=O)cc1C.Cc1cccc(Cn2cc(C(=O)c3ccc(C)c(C)c3)c(=O)c3ccccc32)n1. The number of ketones is 2. The summed E-state index contributed by atoms with van der Waals surface area (Å²) < 4.78 is 1.94. The Hall–Kier alpha value is -6.21. The van der Waals surface area contributed by atoms with Crippen molar-refractivity contribution in [2.75, 3.05) is 0 Å². The second kappa shape index (κ2) is 14.1. The maximum atomic E-state index is 13.2. The van der Waals surface area contributed by atoms with E-state index in [0.717, 1.165) is 44.7 Å². The molecule has 3 aromatic heterocycles. The molecule has 0 spiro atoms. The van der Waals surface area contributed by atoms with E-state index in [4.69, 9.17) is 0 Å². The molecule has 0 amide bonds. The van der Waals surface area contributed by atoms with Gasteiger partial charge < -0.3 is 9.55 Å². The minimum Gasteiger partial charge on any atom is -0.360 e. The number of pyridine rings is 3. The van der Waals surface area contributed by atoms with Crippen molar-refractivity contribution in [2.24, 2.45) is 0 Å². The lowest BCUT2D eigenvalue weighted by atomic mass is 9.99. The number of hydrogen-bond acceptors (Lipinski definition) is 5. The largest absolute Gasteiger partial charge is 0.360 e. The van der Waals surface area contributed by atoms with Gasteiger partial charge in [0.1, 0.15) is 0 Å². The van der Waals surface area contributed by atoms with Gasteiger partial charge in [0.15, 0.2) is 11.6 Å². The van der Waals surface area contributed by atoms with E-state index in [-0.39, 0.29) is 33.6 Å². The summed E-state index contributed by atoms with van der Waals surface area (Å²) in [6, 6.07) is 31.5. The van der Waals surface area contributed by atoms with E-state index in [2.05, 4.69) is 9.97 Å². The van der Waals surface area contributed by atoms with E-state index in [0.29, 0.717) is 28.4 Å². The number of rotatable bonds is 6. The monoisotopic (exact) mass is 659 g/mol. The molecule has 0 aliphatic carbocycles. The van der Waals surface area contributed by atoms with Crippen molar-refractivity contribution >= 4 is 33.4 Å². The van der Waals surface area contributed by atoms with Gasteiger partial charge in [-0.1, -0.05) is 54.6 Å². The molecular formula is C43H37N3O4. The van der Waals surface area contributed by atoms with Crippen LogP contribution in [0.1, 0.15) is 65.5 Å². The Balaban J connectivity index is 0.000000182. The molecular weight excluding hydrogens is 622 g/mol. The van der Waals surface area contributed by atoms with Crippen molar-refractivity contribution in [3.8, 4) is 0 Å². The highest BCUT2D eigenvalue weighted by Crippen LogP contribution is 2.18. The average Bonchev–Trinajstić information content (AvgIpc) is 3.12. The molecule has 3 heterocycles. The van der Waals surface area contributed by atoms with Crippen molar-refractivity contribution in [3.63, 3.8) is 0 Å². The van der Waals surface area contributed by atoms with Crippen LogP contribution < -0.4 is 10.9 Å². The lowest BCUT2D eigenvalue weighted by Crippen LogP contribution is -2.20. The minimum absolute atomic E-state index is 0.178. The van der Waals surface area contributed by atoms with Crippen molar-refractivity contribution in [1.82, 2.24) is 14.5 Å². The molecule has 0 unspecified atom stereocenters. The minimum atomic E-state index is -0.255. The molecule has 7 heteroatoms. The normalized spacial score (nSPS) is 10.9. The molecule has 1 N–H and O–H groups in total. The molecule has 0 aliphatic heterocycles. The fourth-order valence-corrected chi connectivity index (χ4v) is 5.91. The van der Waals surface area contributed by atoms with Crippen molar-refractivity contribution in [2.45, 2.75) is 41.2 Å². The molecule has 7 nitrogen and oxygen atoms in total. The number of carbonyl (C=O) groups is 2. The van der Waals surface area contributed by atoms with Gasteiger partial charge in [-0.2, -0.15) is 0 Å². The number of para-hydroxylation sites is 2. The van der Waals surface area contributed by atoms with Gasteiger partial charge in [-0.3, -0.25) is 24.2 Å². The van der Waals surface area contributed by atoms with Crippen LogP contribution in [-0.4, -0.2) is 26.1 Å². The number of carbonyl (C=O) groups excluding carboxylic acids is 2. The molecule has 248 valence electrons. The molecule has 0 saturated carbocycles. The Bertz CT molecular complexity index is 2560. The van der Waals surface area contributed by atoms with Gasteiger partial charge in [0.25, 0.3) is 0 Å². The highest BCUT2D eigenvalue weighted by Gasteiger charge is 2.18. The Labute approximate surface area is 289 Å². The smallest absolute Gasteiger partial charge is 0.200 e. The van der Waals surface area contributed by atoms with Crippen LogP contribution in [0.2, 0.25) is 0 Å². The van der Waals surface area contributed by atoms with Gasteiger partial charge in [0.2, 0.25) is 10.9 Å². The van der Waals surface area contributed by atoms with Crippen molar-refractivity contribution in [1.29, 1.82) is 0 Å². The van der Waals surface area contributed by atoms with E-state index in [1.165, 1.54) is 6.20 Å². The quantitative estimate of drug-likeness (QED) is 0.183. The van der Waals surface area contributed by atoms with Gasteiger partial charge in [0, 0.05) is 45.5 Å². The first-order chi connectivity index (χ1) is 24.0. The standard InChI is InChI=1S/C25H22N2O2.C18H15NO2/c1-16-11-12-19(13-17(16)2)24(28)22-15-27(14-20-8-6-7-18(3)26-20)23-10-5-4-9-21(23)25(22)29;1-11-7-8-13(9-12(11)2)17(20)15-10-19-16-6-4-3-5-14(16)18(15)21/h4-13,15H,14H2,1-3H3;3-10H,1-2H3,(H,19,21). The predicted molar refractivity (Wildman–Crippen MR) is 200 cm³/mol. The predicted octanol–water partition coefficient (Wildman–Crippen LogP) is 7.98. The second-order valence-electron chi connectivity index (χ2n) is 12.6. The number of aryl methyl sites for hydroxylation is 5. The zero-order valence-electron chi connectivity index (χ0n) is 28.7. The lowest BCUT2D eigenvalue weighted by Gasteiger charge is -2.13. The van der Waals surface area contributed by atoms with Gasteiger partial charge in [-0.15, -0.1) is 0 Å². The fraction of sp³-hybridized carbons (Fsp3) is 0.140. The third-order valence-corrected chi connectivity index (χ3v) is 9.08. The number of fused-ring (bicyclic) bond motifs is 2. The van der Waals surface area contributed by atoms with Crippen molar-refractivity contribution < 1.29 is 9.59 Å². The van der Waals surface area contributed by atoms with Crippen LogP contribution >= 0.6 is 0 Å². The van der Waals surface area contributed by atoms with Gasteiger partial charge in [0.05, 0.1) is 28.9 Å². The summed E-state index contributed by atoms with van der Waals surface area (Å²) in [7, 11) is 0. The van der Waals surface area contributed by atoms with E-state index >= 15 is 0 Å². The first-order valence-electron chi connectivity index (χ1n) is 16.4. The molecule has 0 atom stereocenters. The second-order valence-corrected chi connectivity index (χ2v) is 12.6. The molecule has 7 rings (SSSR count). The summed E-state index contributed by atoms with van der Waals surface area (Å²) in [4.78, 5) is 58.9. The van der Waals surface area contributed by atoms with Gasteiger partial charge >= 0.3 is 0 Å². The summed E-state index contributed by atoms with van der Waals surface area (Å²) in [5.74, 6) is -0.500. The maximum Gasteiger partial charge on any atom is 0.200 e. The molecule has 4 aromatic carbocycles. The number of aromatic amines is 1. The molecule has 0 radical (unpaired) electrons. The van der Waals surface area contributed by atoms with Crippen molar-refractivity contribution in [3.05, 3.63) is 192 Å². The molecule has 0 saturated heterocycles. The summed E-state index contributed by atoms with van der Waals surface area (Å²) in [5, 5.41) is 1.07. The third-order valence-electron chi connectivity index (χ3n) is 9.08.